The van der Waals surface area contributed by atoms with E-state index in [2.05, 4.69) is 5.32 Å². The molecule has 0 saturated carbocycles. The van der Waals surface area contributed by atoms with Crippen LogP contribution in [-0.2, 0) is 9.53 Å². The number of carboxylic acids is 3. The number of amides is 1. The summed E-state index contributed by atoms with van der Waals surface area (Å²) in [7, 11) is 0. The van der Waals surface area contributed by atoms with Crippen molar-refractivity contribution in [3.8, 4) is 0 Å². The van der Waals surface area contributed by atoms with E-state index in [0.29, 0.717) is 17.7 Å². The lowest BCUT2D eigenvalue weighted by atomic mass is 10.0. The molecule has 1 unspecified atom stereocenters. The number of nitrogens with one attached hydrogen (secondary N) is 1. The Morgan fingerprint density at radius 2 is 1.61 bits per heavy atom. The zero-order valence-corrected chi connectivity index (χ0v) is 19.0. The summed E-state index contributed by atoms with van der Waals surface area (Å²) in [6.07, 6.45) is 0.680. The number of carboxylic acid groups (broad SMARTS) is 3. The molecule has 1 amide bonds. The highest BCUT2D eigenvalue weighted by molar-refractivity contribution is 8.03. The molecule has 4 N–H and O–H groups in total. The van der Waals surface area contributed by atoms with Gasteiger partial charge in [-0.05, 0) is 35.9 Å². The van der Waals surface area contributed by atoms with Crippen LogP contribution >= 0.6 is 23.5 Å². The highest BCUT2D eigenvalue weighted by Crippen LogP contribution is 2.34. The number of ether oxygens (including phenoxy) is 1. The number of hydrogen-bond acceptors (Lipinski definition) is 7. The van der Waals surface area contributed by atoms with E-state index < -0.39 is 30.0 Å². The Labute approximate surface area is 188 Å². The minimum absolute atomic E-state index is 0.00709. The molecule has 0 heterocycles. The first-order valence-electron chi connectivity index (χ1n) is 9.66. The minimum atomic E-state index is -1.25. The molecule has 31 heavy (non-hydrogen) atoms. The Bertz CT molecular complexity index is 754. The van der Waals surface area contributed by atoms with Crippen molar-refractivity contribution >= 4 is 47.5 Å². The van der Waals surface area contributed by atoms with Crippen molar-refractivity contribution in [2.75, 3.05) is 23.9 Å². The van der Waals surface area contributed by atoms with Gasteiger partial charge in [0, 0.05) is 16.8 Å². The number of carbonyl (C=O) groups excluding carboxylic acids is 1. The predicted octanol–water partition coefficient (Wildman–Crippen LogP) is 3.59. The van der Waals surface area contributed by atoms with Gasteiger partial charge in [-0.15, -0.1) is 0 Å². The lowest BCUT2D eigenvalue weighted by molar-refractivity contribution is -0.138. The molecule has 0 aliphatic carbocycles. The van der Waals surface area contributed by atoms with E-state index in [1.54, 1.807) is 11.8 Å². The molecule has 1 aromatic carbocycles. The molecule has 172 valence electrons. The van der Waals surface area contributed by atoms with Crippen molar-refractivity contribution in [3.63, 3.8) is 0 Å². The van der Waals surface area contributed by atoms with Crippen LogP contribution in [0.15, 0.2) is 18.2 Å². The highest BCUT2D eigenvalue weighted by Gasteiger charge is 2.24. The number of carbonyl (C=O) groups is 4. The zero-order valence-electron chi connectivity index (χ0n) is 17.3. The topological polar surface area (TPSA) is 150 Å². The van der Waals surface area contributed by atoms with E-state index in [0.717, 1.165) is 18.2 Å². The number of hydrogen-bond donors (Lipinski definition) is 4. The molecular formula is C20H27NO8S2. The third-order valence-electron chi connectivity index (χ3n) is 4.08. The minimum Gasteiger partial charge on any atom is -0.480 e. The van der Waals surface area contributed by atoms with E-state index in [1.807, 2.05) is 13.8 Å². The van der Waals surface area contributed by atoms with E-state index >= 15 is 0 Å². The lowest BCUT2D eigenvalue weighted by Crippen LogP contribution is -2.43. The van der Waals surface area contributed by atoms with E-state index in [-0.39, 0.29) is 28.7 Å². The van der Waals surface area contributed by atoms with Crippen molar-refractivity contribution in [1.82, 2.24) is 5.32 Å². The third-order valence-corrected chi connectivity index (χ3v) is 6.63. The first-order valence-corrected chi connectivity index (χ1v) is 11.9. The summed E-state index contributed by atoms with van der Waals surface area (Å²) in [4.78, 5) is 46.2. The number of thioether (sulfide) groups is 2. The number of rotatable bonds is 14. The Morgan fingerprint density at radius 3 is 2.10 bits per heavy atom. The number of alkyl carbamates (subject to hydrolysis) is 1. The standard InChI is InChI=1S/C20H27NO8S2/c1-3-5-6-29-20(28)21-15(19(26)27)10-31-16(11-30-4-2)12-7-13(17(22)23)9-14(8-12)18(24)25/h7-9,15-16H,3-6,10-11H2,1-2H3,(H,21,28)(H,22,23)(H,24,25)(H,26,27)/t15-,16?/m0/s1. The van der Waals surface area contributed by atoms with Crippen molar-refractivity contribution < 1.29 is 39.2 Å². The number of aromatic carboxylic acids is 2. The fourth-order valence-corrected chi connectivity index (χ4v) is 4.73. The van der Waals surface area contributed by atoms with Crippen LogP contribution in [-0.4, -0.2) is 69.2 Å². The highest BCUT2D eigenvalue weighted by atomic mass is 32.2. The van der Waals surface area contributed by atoms with Gasteiger partial charge in [-0.1, -0.05) is 20.3 Å². The molecule has 1 rings (SSSR count). The molecule has 0 aliphatic heterocycles. The van der Waals surface area contributed by atoms with Crippen LogP contribution in [0.5, 0.6) is 0 Å². The zero-order chi connectivity index (χ0) is 23.4. The van der Waals surface area contributed by atoms with Crippen molar-refractivity contribution in [3.05, 3.63) is 34.9 Å². The SMILES string of the molecule is CCCCOC(=O)N[C@@H](CSC(CSCC)c1cc(C(=O)O)cc(C(=O)O)c1)C(=O)O. The van der Waals surface area contributed by atoms with Crippen LogP contribution in [0, 0.1) is 0 Å². The van der Waals surface area contributed by atoms with Crippen LogP contribution in [0.3, 0.4) is 0 Å². The molecule has 0 fully saturated rings. The quantitative estimate of drug-likeness (QED) is 0.295. The molecule has 2 atom stereocenters. The molecule has 0 saturated heterocycles. The van der Waals surface area contributed by atoms with Crippen molar-refractivity contribution in [1.29, 1.82) is 0 Å². The maximum absolute atomic E-state index is 11.8. The Kier molecular flexibility index (Phi) is 11.9. The summed E-state index contributed by atoms with van der Waals surface area (Å²) < 4.78 is 4.95. The first kappa shape index (κ1) is 26.6. The number of benzene rings is 1. The molecule has 0 radical (unpaired) electrons. The Morgan fingerprint density at radius 1 is 1.00 bits per heavy atom. The van der Waals surface area contributed by atoms with Gasteiger partial charge in [-0.2, -0.15) is 23.5 Å². The van der Waals surface area contributed by atoms with Gasteiger partial charge in [0.05, 0.1) is 17.7 Å². The molecule has 9 nitrogen and oxygen atoms in total. The maximum atomic E-state index is 11.8. The number of aliphatic carboxylic acids is 1. The van der Waals surface area contributed by atoms with Gasteiger partial charge in [0.2, 0.25) is 0 Å². The summed E-state index contributed by atoms with van der Waals surface area (Å²) in [5.41, 5.74) is 0.154. The van der Waals surface area contributed by atoms with Crippen LogP contribution in [0.4, 0.5) is 4.79 Å². The van der Waals surface area contributed by atoms with Crippen molar-refractivity contribution in [2.24, 2.45) is 0 Å². The molecule has 0 aromatic heterocycles. The number of unbranched alkanes of at least 4 members (excludes halogenated alkanes) is 1. The smallest absolute Gasteiger partial charge is 0.407 e. The van der Waals surface area contributed by atoms with Gasteiger partial charge in [-0.25, -0.2) is 19.2 Å². The van der Waals surface area contributed by atoms with Gasteiger partial charge in [0.25, 0.3) is 0 Å². The van der Waals surface area contributed by atoms with E-state index in [4.69, 9.17) is 4.74 Å². The Hall–Kier alpha value is -2.40. The fraction of sp³-hybridized carbons (Fsp3) is 0.500. The molecule has 0 spiro atoms. The normalized spacial score (nSPS) is 12.6. The monoisotopic (exact) mass is 473 g/mol. The lowest BCUT2D eigenvalue weighted by Gasteiger charge is -2.21. The van der Waals surface area contributed by atoms with E-state index in [9.17, 15) is 34.5 Å². The summed E-state index contributed by atoms with van der Waals surface area (Å²) in [5, 5.41) is 30.0. The van der Waals surface area contributed by atoms with Gasteiger partial charge in [0.1, 0.15) is 6.04 Å². The van der Waals surface area contributed by atoms with Gasteiger partial charge < -0.3 is 25.4 Å². The average molecular weight is 474 g/mol. The van der Waals surface area contributed by atoms with Crippen LogP contribution in [0.25, 0.3) is 0 Å². The van der Waals surface area contributed by atoms with Crippen molar-refractivity contribution in [2.45, 2.75) is 38.0 Å². The summed E-state index contributed by atoms with van der Waals surface area (Å²) in [6.45, 7) is 4.07. The molecular weight excluding hydrogens is 446 g/mol. The largest absolute Gasteiger partial charge is 0.480 e. The average Bonchev–Trinajstić information content (AvgIpc) is 2.72. The fourth-order valence-electron chi connectivity index (χ4n) is 2.43. The van der Waals surface area contributed by atoms with Gasteiger partial charge >= 0.3 is 24.0 Å². The first-order chi connectivity index (χ1) is 14.7. The molecule has 1 aromatic rings. The second-order valence-corrected chi connectivity index (χ2v) is 9.01. The van der Waals surface area contributed by atoms with Gasteiger partial charge in [-0.3, -0.25) is 0 Å². The summed E-state index contributed by atoms with van der Waals surface area (Å²) in [6, 6.07) is 2.65. The van der Waals surface area contributed by atoms with Crippen LogP contribution < -0.4 is 5.32 Å². The second kappa shape index (κ2) is 13.8. The van der Waals surface area contributed by atoms with E-state index in [1.165, 1.54) is 23.9 Å². The summed E-state index contributed by atoms with van der Waals surface area (Å²) >= 11 is 2.76. The third kappa shape index (κ3) is 9.52. The molecule has 0 bridgehead atoms. The second-order valence-electron chi connectivity index (χ2n) is 6.46. The summed E-state index contributed by atoms with van der Waals surface area (Å²) in [5.74, 6) is -2.46. The molecule has 11 heteroatoms. The van der Waals surface area contributed by atoms with Gasteiger partial charge in [0.15, 0.2) is 0 Å². The maximum Gasteiger partial charge on any atom is 0.407 e. The van der Waals surface area contributed by atoms with Crippen LogP contribution in [0.1, 0.15) is 58.2 Å². The predicted molar refractivity (Wildman–Crippen MR) is 119 cm³/mol. The Balaban J connectivity index is 3.01. The molecule has 0 aliphatic rings. The van der Waals surface area contributed by atoms with Crippen LogP contribution in [0.2, 0.25) is 0 Å².